The van der Waals surface area contributed by atoms with Crippen LogP contribution in [-0.2, 0) is 4.74 Å². The maximum absolute atomic E-state index is 12.5. The first kappa shape index (κ1) is 10.4. The molecule has 1 fully saturated rings. The standard InChI is InChI=1S/C11H13F2NO/c12-11(13)9-2-1-3-10(8-9)14-4-6-15-7-5-14/h1-3,8,11H,4-7H2. The SMILES string of the molecule is FC(F)c1cccc(N2CCOCC2)c1. The number of hydrogen-bond acceptors (Lipinski definition) is 2. The second kappa shape index (κ2) is 4.57. The lowest BCUT2D eigenvalue weighted by Gasteiger charge is -2.29. The highest BCUT2D eigenvalue weighted by Crippen LogP contribution is 2.24. The zero-order chi connectivity index (χ0) is 10.7. The summed E-state index contributed by atoms with van der Waals surface area (Å²) in [6, 6.07) is 6.54. The second-order valence-electron chi connectivity index (χ2n) is 3.50. The third kappa shape index (κ3) is 2.45. The van der Waals surface area contributed by atoms with Crippen molar-refractivity contribution in [2.45, 2.75) is 6.43 Å². The van der Waals surface area contributed by atoms with Crippen molar-refractivity contribution >= 4 is 5.69 Å². The molecule has 1 aliphatic heterocycles. The zero-order valence-corrected chi connectivity index (χ0v) is 8.33. The van der Waals surface area contributed by atoms with Crippen LogP contribution in [0.4, 0.5) is 14.5 Å². The average Bonchev–Trinajstić information content (AvgIpc) is 2.30. The van der Waals surface area contributed by atoms with Gasteiger partial charge in [0.05, 0.1) is 13.2 Å². The molecular weight excluding hydrogens is 200 g/mol. The molecule has 1 saturated heterocycles. The van der Waals surface area contributed by atoms with Gasteiger partial charge in [-0.2, -0.15) is 0 Å². The summed E-state index contributed by atoms with van der Waals surface area (Å²) in [5.74, 6) is 0. The van der Waals surface area contributed by atoms with Gasteiger partial charge in [0, 0.05) is 24.3 Å². The number of ether oxygens (including phenoxy) is 1. The predicted octanol–water partition coefficient (Wildman–Crippen LogP) is 2.46. The van der Waals surface area contributed by atoms with Gasteiger partial charge in [-0.1, -0.05) is 12.1 Å². The monoisotopic (exact) mass is 213 g/mol. The van der Waals surface area contributed by atoms with Crippen LogP contribution in [-0.4, -0.2) is 26.3 Å². The molecule has 82 valence electrons. The van der Waals surface area contributed by atoms with E-state index in [1.807, 2.05) is 6.07 Å². The van der Waals surface area contributed by atoms with Gasteiger partial charge in [-0.15, -0.1) is 0 Å². The Morgan fingerprint density at radius 2 is 1.93 bits per heavy atom. The van der Waals surface area contributed by atoms with E-state index in [0.29, 0.717) is 13.2 Å². The molecule has 2 rings (SSSR count). The molecule has 0 atom stereocenters. The van der Waals surface area contributed by atoms with E-state index in [9.17, 15) is 8.78 Å². The van der Waals surface area contributed by atoms with E-state index >= 15 is 0 Å². The van der Waals surface area contributed by atoms with Crippen LogP contribution >= 0.6 is 0 Å². The molecule has 0 amide bonds. The molecule has 0 radical (unpaired) electrons. The smallest absolute Gasteiger partial charge is 0.263 e. The van der Waals surface area contributed by atoms with Crippen molar-refractivity contribution in [3.63, 3.8) is 0 Å². The van der Waals surface area contributed by atoms with Crippen molar-refractivity contribution in [2.75, 3.05) is 31.2 Å². The van der Waals surface area contributed by atoms with E-state index in [4.69, 9.17) is 4.74 Å². The molecule has 4 heteroatoms. The van der Waals surface area contributed by atoms with Gasteiger partial charge in [0.2, 0.25) is 0 Å². The molecule has 2 nitrogen and oxygen atoms in total. The molecule has 1 aliphatic rings. The maximum Gasteiger partial charge on any atom is 0.263 e. The number of alkyl halides is 2. The molecule has 0 bridgehead atoms. The van der Waals surface area contributed by atoms with Crippen LogP contribution in [0, 0.1) is 0 Å². The number of halogens is 2. The molecule has 0 aromatic heterocycles. The molecule has 0 saturated carbocycles. The lowest BCUT2D eigenvalue weighted by molar-refractivity contribution is 0.122. The Morgan fingerprint density at radius 3 is 2.60 bits per heavy atom. The van der Waals surface area contributed by atoms with Crippen LogP contribution in [0.1, 0.15) is 12.0 Å². The zero-order valence-electron chi connectivity index (χ0n) is 8.33. The third-order valence-corrected chi connectivity index (χ3v) is 2.50. The predicted molar refractivity (Wildman–Crippen MR) is 54.4 cm³/mol. The van der Waals surface area contributed by atoms with Crippen LogP contribution in [0.15, 0.2) is 24.3 Å². The van der Waals surface area contributed by atoms with Gasteiger partial charge in [0.1, 0.15) is 0 Å². The number of morpholine rings is 1. The summed E-state index contributed by atoms with van der Waals surface area (Å²) in [7, 11) is 0. The Labute approximate surface area is 87.5 Å². The summed E-state index contributed by atoms with van der Waals surface area (Å²) in [5.41, 5.74) is 0.940. The minimum atomic E-state index is -2.40. The minimum absolute atomic E-state index is 0.0824. The Hall–Kier alpha value is -1.16. The molecule has 1 heterocycles. The minimum Gasteiger partial charge on any atom is -0.378 e. The third-order valence-electron chi connectivity index (χ3n) is 2.50. The van der Waals surface area contributed by atoms with Gasteiger partial charge in [-0.3, -0.25) is 0 Å². The van der Waals surface area contributed by atoms with Crippen LogP contribution in [0.2, 0.25) is 0 Å². The summed E-state index contributed by atoms with van der Waals surface area (Å²) in [4.78, 5) is 2.06. The highest BCUT2D eigenvalue weighted by Gasteiger charge is 2.13. The van der Waals surface area contributed by atoms with Crippen molar-refractivity contribution in [3.8, 4) is 0 Å². The van der Waals surface area contributed by atoms with Crippen molar-refractivity contribution in [1.82, 2.24) is 0 Å². The Kier molecular flexibility index (Phi) is 3.16. The molecule has 1 aromatic carbocycles. The maximum atomic E-state index is 12.5. The van der Waals surface area contributed by atoms with Gasteiger partial charge < -0.3 is 9.64 Å². The fourth-order valence-corrected chi connectivity index (χ4v) is 1.68. The summed E-state index contributed by atoms with van der Waals surface area (Å²) in [6.45, 7) is 2.87. The van der Waals surface area contributed by atoms with E-state index < -0.39 is 6.43 Å². The van der Waals surface area contributed by atoms with Gasteiger partial charge >= 0.3 is 0 Å². The Bertz CT molecular complexity index is 324. The summed E-state index contributed by atoms with van der Waals surface area (Å²) in [6.07, 6.45) is -2.40. The fraction of sp³-hybridized carbons (Fsp3) is 0.455. The van der Waals surface area contributed by atoms with Crippen molar-refractivity contribution in [2.24, 2.45) is 0 Å². The second-order valence-corrected chi connectivity index (χ2v) is 3.50. The van der Waals surface area contributed by atoms with Crippen molar-refractivity contribution < 1.29 is 13.5 Å². The first-order valence-corrected chi connectivity index (χ1v) is 4.98. The molecule has 15 heavy (non-hydrogen) atoms. The van der Waals surface area contributed by atoms with Crippen LogP contribution in [0.3, 0.4) is 0 Å². The van der Waals surface area contributed by atoms with Gasteiger partial charge in [-0.05, 0) is 12.1 Å². The van der Waals surface area contributed by atoms with Crippen LogP contribution in [0.25, 0.3) is 0 Å². The van der Waals surface area contributed by atoms with Gasteiger partial charge in [0.15, 0.2) is 0 Å². The van der Waals surface area contributed by atoms with Gasteiger partial charge in [0.25, 0.3) is 6.43 Å². The summed E-state index contributed by atoms with van der Waals surface area (Å²) in [5, 5.41) is 0. The Balaban J connectivity index is 2.16. The molecule has 0 unspecified atom stereocenters. The number of anilines is 1. The fourth-order valence-electron chi connectivity index (χ4n) is 1.68. The van der Waals surface area contributed by atoms with E-state index in [0.717, 1.165) is 18.8 Å². The van der Waals surface area contributed by atoms with Crippen molar-refractivity contribution in [3.05, 3.63) is 29.8 Å². The van der Waals surface area contributed by atoms with E-state index in [2.05, 4.69) is 4.90 Å². The number of hydrogen-bond donors (Lipinski definition) is 0. The normalized spacial score (nSPS) is 17.1. The average molecular weight is 213 g/mol. The lowest BCUT2D eigenvalue weighted by atomic mass is 10.2. The summed E-state index contributed by atoms with van der Waals surface area (Å²) < 4.78 is 30.2. The first-order valence-electron chi connectivity index (χ1n) is 4.98. The largest absolute Gasteiger partial charge is 0.378 e. The highest BCUT2D eigenvalue weighted by molar-refractivity contribution is 5.49. The lowest BCUT2D eigenvalue weighted by Crippen LogP contribution is -2.36. The van der Waals surface area contributed by atoms with Crippen LogP contribution < -0.4 is 4.90 Å². The van der Waals surface area contributed by atoms with E-state index in [1.54, 1.807) is 12.1 Å². The van der Waals surface area contributed by atoms with E-state index in [-0.39, 0.29) is 5.56 Å². The first-order chi connectivity index (χ1) is 7.27. The number of benzene rings is 1. The van der Waals surface area contributed by atoms with Gasteiger partial charge in [-0.25, -0.2) is 8.78 Å². The topological polar surface area (TPSA) is 12.5 Å². The molecule has 0 spiro atoms. The van der Waals surface area contributed by atoms with E-state index in [1.165, 1.54) is 6.07 Å². The summed E-state index contributed by atoms with van der Waals surface area (Å²) >= 11 is 0. The number of nitrogens with zero attached hydrogens (tertiary/aromatic N) is 1. The van der Waals surface area contributed by atoms with Crippen LogP contribution in [0.5, 0.6) is 0 Å². The number of rotatable bonds is 2. The molecule has 1 aromatic rings. The molecule has 0 aliphatic carbocycles. The highest BCUT2D eigenvalue weighted by atomic mass is 19.3. The molecule has 0 N–H and O–H groups in total. The Morgan fingerprint density at radius 1 is 1.20 bits per heavy atom. The molecular formula is C11H13F2NO. The van der Waals surface area contributed by atoms with Crippen molar-refractivity contribution in [1.29, 1.82) is 0 Å². The quantitative estimate of drug-likeness (QED) is 0.748.